The molecule has 4 aromatic heterocycles. The molecule has 0 atom stereocenters. The van der Waals surface area contributed by atoms with Crippen molar-refractivity contribution >= 4 is 106 Å². The summed E-state index contributed by atoms with van der Waals surface area (Å²) in [5.41, 5.74) is 19.8. The molecule has 8 aromatic carbocycles. The van der Waals surface area contributed by atoms with Gasteiger partial charge in [0.2, 0.25) is 0 Å². The second-order valence-electron chi connectivity index (χ2n) is 20.4. The SMILES string of the molecule is Cn1c(-c2ccccc2)nc2cc3c(cc21)-n1c2ccc(C(C)(C)C)cc2c2c4oc5ccccc5c4c4c(c21)B3N(c1ccc(C(C)(C)C)cc1)c1cc2oc3ccccc3c2cc1-4. The monoisotopic (exact) mass is 840 g/mol. The van der Waals surface area contributed by atoms with E-state index in [0.29, 0.717) is 0 Å². The van der Waals surface area contributed by atoms with Crippen LogP contribution in [0.1, 0.15) is 52.7 Å². The molecule has 0 amide bonds. The van der Waals surface area contributed by atoms with Gasteiger partial charge in [-0.3, -0.25) is 0 Å². The van der Waals surface area contributed by atoms with Crippen LogP contribution in [0.15, 0.2) is 154 Å². The number of anilines is 2. The van der Waals surface area contributed by atoms with Crippen LogP contribution in [0.25, 0.3) is 105 Å². The third-order valence-electron chi connectivity index (χ3n) is 14.6. The van der Waals surface area contributed by atoms with Crippen molar-refractivity contribution in [2.24, 2.45) is 7.05 Å². The summed E-state index contributed by atoms with van der Waals surface area (Å²) >= 11 is 0. The van der Waals surface area contributed by atoms with Gasteiger partial charge in [-0.25, -0.2) is 4.98 Å². The van der Waals surface area contributed by atoms with Gasteiger partial charge in [0.25, 0.3) is 0 Å². The number of para-hydroxylation sites is 2. The normalized spacial score (nSPS) is 13.7. The van der Waals surface area contributed by atoms with Gasteiger partial charge in [0, 0.05) is 68.2 Å². The fourth-order valence-electron chi connectivity index (χ4n) is 11.4. The first-order chi connectivity index (χ1) is 31.4. The molecule has 65 heavy (non-hydrogen) atoms. The summed E-state index contributed by atoms with van der Waals surface area (Å²) in [6, 6.07) is 53.5. The Morgan fingerprint density at radius 1 is 0.554 bits per heavy atom. The van der Waals surface area contributed by atoms with E-state index in [1.165, 1.54) is 38.5 Å². The van der Waals surface area contributed by atoms with Crippen LogP contribution in [0.4, 0.5) is 11.4 Å². The number of fused-ring (bicyclic) bond motifs is 17. The molecule has 2 aliphatic rings. The van der Waals surface area contributed by atoms with E-state index in [1.54, 1.807) is 0 Å². The summed E-state index contributed by atoms with van der Waals surface area (Å²) in [6.07, 6.45) is 0. The van der Waals surface area contributed by atoms with Crippen molar-refractivity contribution in [1.82, 2.24) is 14.1 Å². The predicted octanol–water partition coefficient (Wildman–Crippen LogP) is 14.0. The maximum Gasteiger partial charge on any atom is 0.333 e. The molecule has 6 heterocycles. The minimum Gasteiger partial charge on any atom is -0.456 e. The van der Waals surface area contributed by atoms with Gasteiger partial charge in [0.15, 0.2) is 0 Å². The van der Waals surface area contributed by atoms with E-state index in [1.807, 2.05) is 0 Å². The standard InChI is InChI=1S/C58H45BN4O2/c1-57(2,3)33-21-24-35(25-22-33)63-44-31-49-38(36-17-11-13-19-47(36)64-49)28-40(44)50-51-37-18-12-14-20-48(37)65-55(51)52-39-27-34(58(4,5)6)23-26-43(39)62-45-30-46-42(29-41(45)59(63)53(50)54(52)62)60-56(61(46)7)32-15-9-8-10-16-32/h8-31H,1-7H3. The first kappa shape index (κ1) is 36.9. The number of furan rings is 2. The lowest BCUT2D eigenvalue weighted by Crippen LogP contribution is -2.60. The molecule has 0 unspecified atom stereocenters. The van der Waals surface area contributed by atoms with Gasteiger partial charge < -0.3 is 22.8 Å². The quantitative estimate of drug-likeness (QED) is 0.163. The van der Waals surface area contributed by atoms with Crippen LogP contribution in [0.2, 0.25) is 0 Å². The first-order valence-corrected chi connectivity index (χ1v) is 22.8. The van der Waals surface area contributed by atoms with Crippen LogP contribution in [0.5, 0.6) is 0 Å². The second kappa shape index (κ2) is 12.4. The summed E-state index contributed by atoms with van der Waals surface area (Å²) in [4.78, 5) is 8.02. The Morgan fingerprint density at radius 2 is 1.25 bits per heavy atom. The van der Waals surface area contributed by atoms with Gasteiger partial charge in [-0.2, -0.15) is 0 Å². The van der Waals surface area contributed by atoms with E-state index in [2.05, 4.69) is 208 Å². The van der Waals surface area contributed by atoms with Gasteiger partial charge in [-0.05, 0) is 93.0 Å². The van der Waals surface area contributed by atoms with Crippen LogP contribution in [0, 0.1) is 0 Å². The fraction of sp³-hybridized carbons (Fsp3) is 0.155. The van der Waals surface area contributed by atoms with Crippen molar-refractivity contribution in [2.45, 2.75) is 52.4 Å². The summed E-state index contributed by atoms with van der Waals surface area (Å²) in [6.45, 7) is 13.5. The van der Waals surface area contributed by atoms with Crippen LogP contribution in [0.3, 0.4) is 0 Å². The zero-order chi connectivity index (χ0) is 43.8. The molecule has 0 bridgehead atoms. The Morgan fingerprint density at radius 3 is 2.00 bits per heavy atom. The number of hydrogen-bond donors (Lipinski definition) is 0. The number of hydrogen-bond acceptors (Lipinski definition) is 4. The maximum atomic E-state index is 7.22. The lowest BCUT2D eigenvalue weighted by molar-refractivity contribution is 0.590. The number of rotatable bonds is 2. The molecule has 0 spiro atoms. The molecule has 7 heteroatoms. The summed E-state index contributed by atoms with van der Waals surface area (Å²) in [7, 11) is 2.15. The smallest absolute Gasteiger partial charge is 0.333 e. The highest BCUT2D eigenvalue weighted by molar-refractivity contribution is 6.94. The summed E-state index contributed by atoms with van der Waals surface area (Å²) < 4.78 is 18.8. The number of imidazole rings is 1. The van der Waals surface area contributed by atoms with Crippen molar-refractivity contribution in [3.63, 3.8) is 0 Å². The minimum absolute atomic E-state index is 0.00316. The van der Waals surface area contributed by atoms with Gasteiger partial charge in [-0.15, -0.1) is 0 Å². The Labute approximate surface area is 376 Å². The maximum absolute atomic E-state index is 7.22. The number of aromatic nitrogens is 3. The van der Waals surface area contributed by atoms with Crippen molar-refractivity contribution in [3.05, 3.63) is 157 Å². The highest BCUT2D eigenvalue weighted by atomic mass is 16.3. The number of benzene rings is 8. The molecule has 0 saturated carbocycles. The lowest BCUT2D eigenvalue weighted by Gasteiger charge is -2.42. The van der Waals surface area contributed by atoms with Crippen molar-refractivity contribution in [2.75, 3.05) is 4.81 Å². The van der Waals surface area contributed by atoms with E-state index in [4.69, 9.17) is 13.8 Å². The first-order valence-electron chi connectivity index (χ1n) is 22.8. The summed E-state index contributed by atoms with van der Waals surface area (Å²) in [5.74, 6) is 0.943. The van der Waals surface area contributed by atoms with Crippen molar-refractivity contribution in [1.29, 1.82) is 0 Å². The van der Waals surface area contributed by atoms with Crippen LogP contribution < -0.4 is 15.7 Å². The molecule has 0 saturated heterocycles. The number of aryl methyl sites for hydroxylation is 1. The topological polar surface area (TPSA) is 52.3 Å². The third kappa shape index (κ3) is 4.88. The number of nitrogens with zero attached hydrogens (tertiary/aromatic N) is 4. The van der Waals surface area contributed by atoms with Crippen LogP contribution >= 0.6 is 0 Å². The predicted molar refractivity (Wildman–Crippen MR) is 271 cm³/mol. The van der Waals surface area contributed by atoms with Gasteiger partial charge in [0.1, 0.15) is 28.2 Å². The Kier molecular flexibility index (Phi) is 7.04. The molecule has 2 aliphatic heterocycles. The highest BCUT2D eigenvalue weighted by Gasteiger charge is 2.47. The summed E-state index contributed by atoms with van der Waals surface area (Å²) in [5, 5.41) is 6.83. The van der Waals surface area contributed by atoms with Crippen LogP contribution in [-0.2, 0) is 17.9 Å². The average Bonchev–Trinajstić information content (AvgIpc) is 4.05. The highest BCUT2D eigenvalue weighted by Crippen LogP contribution is 2.53. The third-order valence-corrected chi connectivity index (χ3v) is 14.6. The van der Waals surface area contributed by atoms with Gasteiger partial charge >= 0.3 is 6.85 Å². The van der Waals surface area contributed by atoms with E-state index in [0.717, 1.165) is 99.8 Å². The average molecular weight is 841 g/mol. The fourth-order valence-corrected chi connectivity index (χ4v) is 11.4. The van der Waals surface area contributed by atoms with Crippen molar-refractivity contribution < 1.29 is 8.83 Å². The largest absolute Gasteiger partial charge is 0.456 e. The Balaban J connectivity index is 1.22. The lowest BCUT2D eigenvalue weighted by atomic mass is 9.43. The molecule has 0 radical (unpaired) electrons. The van der Waals surface area contributed by atoms with Gasteiger partial charge in [-0.1, -0.05) is 126 Å². The molecule has 6 nitrogen and oxygen atoms in total. The zero-order valence-electron chi connectivity index (χ0n) is 37.5. The molecular weight excluding hydrogens is 795 g/mol. The zero-order valence-corrected chi connectivity index (χ0v) is 37.5. The molecule has 312 valence electrons. The van der Waals surface area contributed by atoms with Crippen molar-refractivity contribution in [3.8, 4) is 28.2 Å². The minimum atomic E-state index is -0.235. The molecule has 14 rings (SSSR count). The van der Waals surface area contributed by atoms with E-state index in [9.17, 15) is 0 Å². The Bertz CT molecular complexity index is 4040. The molecule has 0 fully saturated rings. The second-order valence-corrected chi connectivity index (χ2v) is 20.4. The van der Waals surface area contributed by atoms with Crippen LogP contribution in [-0.4, -0.2) is 21.0 Å². The van der Waals surface area contributed by atoms with E-state index in [-0.39, 0.29) is 17.7 Å². The molecule has 0 aliphatic carbocycles. The van der Waals surface area contributed by atoms with Gasteiger partial charge in [0.05, 0.1) is 27.5 Å². The molecule has 12 aromatic rings. The molecule has 0 N–H and O–H groups in total. The Hall–Kier alpha value is -7.51. The van der Waals surface area contributed by atoms with E-state index < -0.39 is 0 Å². The molecular formula is C58H45BN4O2. The van der Waals surface area contributed by atoms with E-state index >= 15 is 0 Å².